The van der Waals surface area contributed by atoms with Crippen molar-refractivity contribution < 1.29 is 4.42 Å². The first-order chi connectivity index (χ1) is 10.0. The summed E-state index contributed by atoms with van der Waals surface area (Å²) in [6.45, 7) is 8.33. The molecule has 0 radical (unpaired) electrons. The van der Waals surface area contributed by atoms with Crippen molar-refractivity contribution in [2.45, 2.75) is 39.8 Å². The van der Waals surface area contributed by atoms with Crippen LogP contribution >= 0.6 is 11.3 Å². The maximum Gasteiger partial charge on any atom is 0.111 e. The molecule has 1 N–H and O–H groups in total. The van der Waals surface area contributed by atoms with Crippen molar-refractivity contribution in [3.8, 4) is 0 Å². The fourth-order valence-electron chi connectivity index (χ4n) is 2.69. The first-order valence-electron chi connectivity index (χ1n) is 7.23. The monoisotopic (exact) mass is 300 g/mol. The zero-order valence-corrected chi connectivity index (χ0v) is 13.6. The third-order valence-corrected chi connectivity index (χ3v) is 4.95. The van der Waals surface area contributed by atoms with Gasteiger partial charge in [0.25, 0.3) is 0 Å². The molecular weight excluding hydrogens is 280 g/mol. The Labute approximate surface area is 129 Å². The zero-order valence-electron chi connectivity index (χ0n) is 12.8. The molecule has 3 aromatic rings. The number of hydrogen-bond donors (Lipinski definition) is 1. The standard InChI is InChI=1S/C17H20N2OS/c1-10-9-14(13(4)20-10)11(2)18-12(3)17-19-15-7-5-6-8-16(15)21-17/h5-9,11-12,18H,1-4H3. The highest BCUT2D eigenvalue weighted by molar-refractivity contribution is 7.18. The van der Waals surface area contributed by atoms with Crippen LogP contribution in [0.25, 0.3) is 10.2 Å². The molecule has 2 aromatic heterocycles. The second-order valence-electron chi connectivity index (χ2n) is 5.50. The fraction of sp³-hybridized carbons (Fsp3) is 0.353. The number of rotatable bonds is 4. The first kappa shape index (κ1) is 14.3. The average Bonchev–Trinajstić information content (AvgIpc) is 3.01. The van der Waals surface area contributed by atoms with Crippen LogP contribution in [0.5, 0.6) is 0 Å². The van der Waals surface area contributed by atoms with Crippen LogP contribution in [-0.2, 0) is 0 Å². The van der Waals surface area contributed by atoms with Crippen molar-refractivity contribution in [2.24, 2.45) is 0 Å². The summed E-state index contributed by atoms with van der Waals surface area (Å²) in [5.74, 6) is 1.95. The predicted molar refractivity (Wildman–Crippen MR) is 87.8 cm³/mol. The Kier molecular flexibility index (Phi) is 3.83. The van der Waals surface area contributed by atoms with Crippen LogP contribution in [0.2, 0.25) is 0 Å². The van der Waals surface area contributed by atoms with E-state index in [1.165, 1.54) is 10.3 Å². The summed E-state index contributed by atoms with van der Waals surface area (Å²) in [6.07, 6.45) is 0. The lowest BCUT2D eigenvalue weighted by molar-refractivity contribution is 0.468. The molecule has 3 rings (SSSR count). The van der Waals surface area contributed by atoms with Crippen LogP contribution in [0.1, 0.15) is 48.0 Å². The van der Waals surface area contributed by atoms with E-state index in [1.807, 2.05) is 19.9 Å². The smallest absolute Gasteiger partial charge is 0.111 e. The minimum absolute atomic E-state index is 0.215. The van der Waals surface area contributed by atoms with Crippen molar-refractivity contribution in [1.82, 2.24) is 10.3 Å². The van der Waals surface area contributed by atoms with Gasteiger partial charge in [-0.25, -0.2) is 4.98 Å². The molecule has 3 nitrogen and oxygen atoms in total. The van der Waals surface area contributed by atoms with Gasteiger partial charge in [-0.2, -0.15) is 0 Å². The van der Waals surface area contributed by atoms with Crippen LogP contribution in [0.15, 0.2) is 34.7 Å². The lowest BCUT2D eigenvalue weighted by Crippen LogP contribution is -2.22. The number of aromatic nitrogens is 1. The number of hydrogen-bond acceptors (Lipinski definition) is 4. The highest BCUT2D eigenvalue weighted by Gasteiger charge is 2.17. The number of aryl methyl sites for hydroxylation is 2. The molecule has 0 bridgehead atoms. The maximum atomic E-state index is 5.62. The summed E-state index contributed by atoms with van der Waals surface area (Å²) in [5.41, 5.74) is 2.30. The first-order valence-corrected chi connectivity index (χ1v) is 8.04. The van der Waals surface area contributed by atoms with Gasteiger partial charge in [-0.15, -0.1) is 11.3 Å². The summed E-state index contributed by atoms with van der Waals surface area (Å²) < 4.78 is 6.86. The van der Waals surface area contributed by atoms with Crippen molar-refractivity contribution in [3.05, 3.63) is 52.4 Å². The lowest BCUT2D eigenvalue weighted by Gasteiger charge is -2.17. The molecule has 2 heterocycles. The van der Waals surface area contributed by atoms with E-state index in [0.717, 1.165) is 22.0 Å². The predicted octanol–water partition coefficient (Wildman–Crippen LogP) is 4.92. The molecule has 0 aliphatic rings. The Hall–Kier alpha value is -1.65. The third-order valence-electron chi connectivity index (χ3n) is 3.73. The molecule has 0 saturated heterocycles. The van der Waals surface area contributed by atoms with Gasteiger partial charge in [-0.05, 0) is 45.9 Å². The van der Waals surface area contributed by atoms with Crippen molar-refractivity contribution in [2.75, 3.05) is 0 Å². The Morgan fingerprint density at radius 2 is 1.90 bits per heavy atom. The van der Waals surface area contributed by atoms with Gasteiger partial charge >= 0.3 is 0 Å². The highest BCUT2D eigenvalue weighted by atomic mass is 32.1. The Morgan fingerprint density at radius 1 is 1.14 bits per heavy atom. The second-order valence-corrected chi connectivity index (χ2v) is 6.56. The zero-order chi connectivity index (χ0) is 15.0. The second kappa shape index (κ2) is 5.62. The number of thiazole rings is 1. The quantitative estimate of drug-likeness (QED) is 0.743. The number of furan rings is 1. The summed E-state index contributed by atoms with van der Waals surface area (Å²) in [7, 11) is 0. The van der Waals surface area contributed by atoms with Gasteiger partial charge in [0.05, 0.1) is 16.3 Å². The molecule has 0 saturated carbocycles. The molecule has 2 unspecified atom stereocenters. The Balaban J connectivity index is 1.79. The van der Waals surface area contributed by atoms with Gasteiger partial charge in [-0.3, -0.25) is 0 Å². The van der Waals surface area contributed by atoms with Crippen molar-refractivity contribution >= 4 is 21.6 Å². The lowest BCUT2D eigenvalue weighted by atomic mass is 10.1. The molecule has 0 amide bonds. The number of nitrogens with zero attached hydrogens (tertiary/aromatic N) is 1. The van der Waals surface area contributed by atoms with E-state index >= 15 is 0 Å². The van der Waals surface area contributed by atoms with Crippen molar-refractivity contribution in [1.29, 1.82) is 0 Å². The summed E-state index contributed by atoms with van der Waals surface area (Å²) in [4.78, 5) is 4.72. The average molecular weight is 300 g/mol. The Morgan fingerprint density at radius 3 is 2.57 bits per heavy atom. The summed E-state index contributed by atoms with van der Waals surface area (Å²) in [5, 5.41) is 4.74. The van der Waals surface area contributed by atoms with E-state index in [-0.39, 0.29) is 12.1 Å². The largest absolute Gasteiger partial charge is 0.466 e. The summed E-state index contributed by atoms with van der Waals surface area (Å²) >= 11 is 1.75. The third kappa shape index (κ3) is 2.87. The van der Waals surface area contributed by atoms with E-state index in [1.54, 1.807) is 11.3 Å². The minimum atomic E-state index is 0.215. The van der Waals surface area contributed by atoms with Gasteiger partial charge < -0.3 is 9.73 Å². The number of fused-ring (bicyclic) bond motifs is 1. The van der Waals surface area contributed by atoms with E-state index in [4.69, 9.17) is 9.40 Å². The molecular formula is C17H20N2OS. The number of nitrogens with one attached hydrogen (secondary N) is 1. The summed E-state index contributed by atoms with van der Waals surface area (Å²) in [6, 6.07) is 10.8. The molecule has 2 atom stereocenters. The molecule has 0 aliphatic carbocycles. The highest BCUT2D eigenvalue weighted by Crippen LogP contribution is 2.29. The van der Waals surface area contributed by atoms with Gasteiger partial charge in [0.1, 0.15) is 16.5 Å². The van der Waals surface area contributed by atoms with E-state index in [2.05, 4.69) is 43.4 Å². The fourth-order valence-corrected chi connectivity index (χ4v) is 3.67. The molecule has 0 fully saturated rings. The number of para-hydroxylation sites is 1. The van der Waals surface area contributed by atoms with Gasteiger partial charge in [0.2, 0.25) is 0 Å². The molecule has 21 heavy (non-hydrogen) atoms. The minimum Gasteiger partial charge on any atom is -0.466 e. The Bertz CT molecular complexity index is 726. The molecule has 0 spiro atoms. The van der Waals surface area contributed by atoms with Crippen LogP contribution in [0.3, 0.4) is 0 Å². The van der Waals surface area contributed by atoms with Crippen LogP contribution in [0, 0.1) is 13.8 Å². The van der Waals surface area contributed by atoms with Gasteiger partial charge in [0, 0.05) is 11.6 Å². The van der Waals surface area contributed by atoms with Gasteiger partial charge in [-0.1, -0.05) is 12.1 Å². The topological polar surface area (TPSA) is 38.1 Å². The van der Waals surface area contributed by atoms with Crippen LogP contribution in [0.4, 0.5) is 0 Å². The van der Waals surface area contributed by atoms with Crippen LogP contribution < -0.4 is 5.32 Å². The molecule has 110 valence electrons. The van der Waals surface area contributed by atoms with Crippen molar-refractivity contribution in [3.63, 3.8) is 0 Å². The molecule has 4 heteroatoms. The van der Waals surface area contributed by atoms with Crippen LogP contribution in [-0.4, -0.2) is 4.98 Å². The molecule has 1 aromatic carbocycles. The maximum absolute atomic E-state index is 5.62. The van der Waals surface area contributed by atoms with E-state index in [9.17, 15) is 0 Å². The van der Waals surface area contributed by atoms with E-state index in [0.29, 0.717) is 0 Å². The van der Waals surface area contributed by atoms with Gasteiger partial charge in [0.15, 0.2) is 0 Å². The van der Waals surface area contributed by atoms with E-state index < -0.39 is 0 Å². The number of benzene rings is 1. The normalized spacial score (nSPS) is 14.5. The SMILES string of the molecule is Cc1cc(C(C)NC(C)c2nc3ccccc3s2)c(C)o1. The molecule has 0 aliphatic heterocycles.